The van der Waals surface area contributed by atoms with Crippen LogP contribution in [0.1, 0.15) is 271 Å². The highest BCUT2D eigenvalue weighted by Crippen LogP contribution is 2.16. The first-order chi connectivity index (χ1) is 35.6. The van der Waals surface area contributed by atoms with Crippen LogP contribution in [-0.2, 0) is 19.1 Å². The predicted molar refractivity (Wildman–Crippen MR) is 315 cm³/mol. The molecule has 72 heavy (non-hydrogen) atoms. The van der Waals surface area contributed by atoms with Crippen LogP contribution in [0, 0.1) is 0 Å². The second-order valence-corrected chi connectivity index (χ2v) is 19.7. The summed E-state index contributed by atoms with van der Waals surface area (Å²) in [6.45, 7) is 4.01. The second kappa shape index (κ2) is 61.6. The molecule has 0 saturated carbocycles. The normalized spacial score (nSPS) is 13.1. The zero-order chi connectivity index (χ0) is 52.0. The van der Waals surface area contributed by atoms with Gasteiger partial charge >= 0.3 is 11.9 Å². The van der Waals surface area contributed by atoms with Gasteiger partial charge in [0.1, 0.15) is 6.61 Å². The summed E-state index contributed by atoms with van der Waals surface area (Å²) in [4.78, 5) is 24.5. The van der Waals surface area contributed by atoms with Gasteiger partial charge in [0.2, 0.25) is 0 Å². The molecule has 410 valence electrons. The number of ether oxygens (including phenoxy) is 2. The number of aliphatic hydroxyl groups is 1. The second-order valence-electron chi connectivity index (χ2n) is 19.7. The maximum atomic E-state index is 12.3. The minimum Gasteiger partial charge on any atom is -0.462 e. The number of rotatable bonds is 54. The number of esters is 2. The van der Waals surface area contributed by atoms with Gasteiger partial charge in [-0.1, -0.05) is 289 Å². The Hall–Kier alpha value is -3.70. The van der Waals surface area contributed by atoms with Crippen molar-refractivity contribution in [1.82, 2.24) is 0 Å². The van der Waals surface area contributed by atoms with E-state index in [0.717, 1.165) is 103 Å². The molecule has 0 amide bonds. The van der Waals surface area contributed by atoms with E-state index in [1.807, 2.05) is 0 Å². The lowest BCUT2D eigenvalue weighted by atomic mass is 10.0. The van der Waals surface area contributed by atoms with Crippen LogP contribution in [0.5, 0.6) is 0 Å². The Kier molecular flexibility index (Phi) is 58.4. The Morgan fingerprint density at radius 1 is 0.333 bits per heavy atom. The van der Waals surface area contributed by atoms with Crippen LogP contribution in [-0.4, -0.2) is 36.4 Å². The summed E-state index contributed by atoms with van der Waals surface area (Å²) in [7, 11) is 0. The summed E-state index contributed by atoms with van der Waals surface area (Å²) in [5.74, 6) is -0.640. The number of aliphatic hydroxyl groups excluding tert-OH is 1. The quantitative estimate of drug-likeness (QED) is 0.0373. The van der Waals surface area contributed by atoms with Crippen LogP contribution < -0.4 is 0 Å². The van der Waals surface area contributed by atoms with Crippen LogP contribution in [0.25, 0.3) is 0 Å². The van der Waals surface area contributed by atoms with Gasteiger partial charge in [-0.2, -0.15) is 0 Å². The molecule has 0 heterocycles. The lowest BCUT2D eigenvalue weighted by Gasteiger charge is -2.15. The third-order valence-corrected chi connectivity index (χ3v) is 12.8. The topological polar surface area (TPSA) is 72.8 Å². The van der Waals surface area contributed by atoms with E-state index in [-0.39, 0.29) is 25.2 Å². The summed E-state index contributed by atoms with van der Waals surface area (Å²) in [5.41, 5.74) is 0. The lowest BCUT2D eigenvalue weighted by Crippen LogP contribution is -2.28. The van der Waals surface area contributed by atoms with Gasteiger partial charge in [0.15, 0.2) is 6.10 Å². The SMILES string of the molecule is CC/C=C\C/C=C\C/C=C\C/C=C\C/C=C\C/C=C\C/C=C\C/C=C\C/C=C\C/C=C\CCCCC(=O)OC(CO)COC(=O)CCCCCCCCCCCCCCCCCCCCCCCCCCC. The van der Waals surface area contributed by atoms with Crippen LogP contribution in [0.15, 0.2) is 122 Å². The molecular weight excluding hydrogens is 885 g/mol. The van der Waals surface area contributed by atoms with E-state index in [1.165, 1.54) is 141 Å². The van der Waals surface area contributed by atoms with E-state index in [2.05, 4.69) is 135 Å². The number of hydrogen-bond acceptors (Lipinski definition) is 5. The van der Waals surface area contributed by atoms with Crippen LogP contribution in [0.4, 0.5) is 0 Å². The van der Waals surface area contributed by atoms with Gasteiger partial charge in [0, 0.05) is 12.8 Å². The highest BCUT2D eigenvalue weighted by Gasteiger charge is 2.16. The van der Waals surface area contributed by atoms with E-state index in [0.29, 0.717) is 12.8 Å². The zero-order valence-electron chi connectivity index (χ0n) is 46.9. The van der Waals surface area contributed by atoms with Gasteiger partial charge in [-0.25, -0.2) is 0 Å². The van der Waals surface area contributed by atoms with Crippen molar-refractivity contribution in [3.05, 3.63) is 122 Å². The van der Waals surface area contributed by atoms with Gasteiger partial charge in [-0.3, -0.25) is 9.59 Å². The van der Waals surface area contributed by atoms with Gasteiger partial charge in [0.05, 0.1) is 6.61 Å². The molecule has 5 heteroatoms. The summed E-state index contributed by atoms with van der Waals surface area (Å²) in [6, 6.07) is 0. The number of hydrogen-bond donors (Lipinski definition) is 1. The molecule has 0 fully saturated rings. The molecule has 5 nitrogen and oxygen atoms in total. The third-order valence-electron chi connectivity index (χ3n) is 12.8. The van der Waals surface area contributed by atoms with E-state index in [1.54, 1.807) is 0 Å². The monoisotopic (exact) mass is 997 g/mol. The molecule has 0 aliphatic carbocycles. The van der Waals surface area contributed by atoms with Crippen LogP contribution >= 0.6 is 0 Å². The molecule has 0 bridgehead atoms. The molecule has 0 radical (unpaired) electrons. The molecule has 0 aliphatic heterocycles. The maximum absolute atomic E-state index is 12.3. The minimum absolute atomic E-state index is 0.0880. The van der Waals surface area contributed by atoms with Crippen molar-refractivity contribution in [2.75, 3.05) is 13.2 Å². The molecular formula is C67H112O5. The molecule has 0 aromatic heterocycles. The van der Waals surface area contributed by atoms with Gasteiger partial charge in [-0.05, 0) is 89.9 Å². The standard InChI is InChI=1S/C67H112O5/c1-3-5-7-9-11-13-15-17-19-21-23-25-27-29-30-31-32-33-34-35-36-38-40-42-44-46-48-50-52-54-56-58-60-62-67(70)72-65(63-68)64-71-66(69)61-59-57-55-53-51-49-47-45-43-41-39-37-28-26-24-22-20-18-16-14-12-10-8-6-4-2/h5,7,11,13,17,19,23,25,29-30,32-33,35-36,40,42,46,48,52,54,65,68H,3-4,6,8-10,12,14-16,18,20-22,24,26-28,31,34,37-39,41,43-45,47,49-51,53,55-64H2,1-2H3/b7-5-,13-11-,19-17-,25-23-,30-29-,33-32-,36-35-,42-40-,48-46-,54-52-. The van der Waals surface area contributed by atoms with Gasteiger partial charge in [0.25, 0.3) is 0 Å². The fourth-order valence-corrected chi connectivity index (χ4v) is 8.29. The smallest absolute Gasteiger partial charge is 0.306 e. The Bertz CT molecular complexity index is 1450. The Morgan fingerprint density at radius 3 is 0.903 bits per heavy atom. The van der Waals surface area contributed by atoms with Crippen molar-refractivity contribution in [2.45, 2.75) is 277 Å². The predicted octanol–water partition coefficient (Wildman–Crippen LogP) is 20.6. The minimum atomic E-state index is -0.803. The Labute approximate surface area is 445 Å². The number of carbonyl (C=O) groups excluding carboxylic acids is 2. The largest absolute Gasteiger partial charge is 0.462 e. The molecule has 1 unspecified atom stereocenters. The first-order valence-corrected chi connectivity index (χ1v) is 30.1. The van der Waals surface area contributed by atoms with E-state index >= 15 is 0 Å². The van der Waals surface area contributed by atoms with Crippen molar-refractivity contribution in [2.24, 2.45) is 0 Å². The molecule has 1 N–H and O–H groups in total. The van der Waals surface area contributed by atoms with Crippen LogP contribution in [0.2, 0.25) is 0 Å². The molecule has 0 rings (SSSR count). The fraction of sp³-hybridized carbons (Fsp3) is 0.672. The fourth-order valence-electron chi connectivity index (χ4n) is 8.29. The van der Waals surface area contributed by atoms with Crippen LogP contribution in [0.3, 0.4) is 0 Å². The summed E-state index contributed by atoms with van der Waals surface area (Å²) >= 11 is 0. The number of carbonyl (C=O) groups is 2. The summed E-state index contributed by atoms with van der Waals surface area (Å²) in [5, 5.41) is 9.66. The average molecular weight is 998 g/mol. The van der Waals surface area contributed by atoms with E-state index in [4.69, 9.17) is 9.47 Å². The lowest BCUT2D eigenvalue weighted by molar-refractivity contribution is -0.161. The van der Waals surface area contributed by atoms with Crippen molar-refractivity contribution >= 4 is 11.9 Å². The van der Waals surface area contributed by atoms with Crippen molar-refractivity contribution in [3.63, 3.8) is 0 Å². The molecule has 0 aromatic rings. The molecule has 0 spiro atoms. The number of unbranched alkanes of at least 4 members (excludes halogenated alkanes) is 26. The Balaban J connectivity index is 3.62. The van der Waals surface area contributed by atoms with Crippen molar-refractivity contribution in [1.29, 1.82) is 0 Å². The molecule has 0 aromatic carbocycles. The highest BCUT2D eigenvalue weighted by atomic mass is 16.6. The average Bonchev–Trinajstić information content (AvgIpc) is 3.38. The number of allylic oxidation sites excluding steroid dienone is 20. The first kappa shape index (κ1) is 68.3. The summed E-state index contributed by atoms with van der Waals surface area (Å²) < 4.78 is 10.7. The molecule has 1 atom stereocenters. The summed E-state index contributed by atoms with van der Waals surface area (Å²) in [6.07, 6.45) is 90.4. The third kappa shape index (κ3) is 58.9. The first-order valence-electron chi connectivity index (χ1n) is 30.1. The van der Waals surface area contributed by atoms with Gasteiger partial charge < -0.3 is 14.6 Å². The zero-order valence-corrected chi connectivity index (χ0v) is 46.9. The Morgan fingerprint density at radius 2 is 0.597 bits per heavy atom. The van der Waals surface area contributed by atoms with Crippen molar-refractivity contribution < 1.29 is 24.2 Å². The highest BCUT2D eigenvalue weighted by molar-refractivity contribution is 5.70. The van der Waals surface area contributed by atoms with Gasteiger partial charge in [-0.15, -0.1) is 0 Å². The maximum Gasteiger partial charge on any atom is 0.306 e. The molecule has 0 saturated heterocycles. The van der Waals surface area contributed by atoms with E-state index < -0.39 is 6.10 Å². The molecule has 0 aliphatic rings. The van der Waals surface area contributed by atoms with Crippen molar-refractivity contribution in [3.8, 4) is 0 Å². The van der Waals surface area contributed by atoms with E-state index in [9.17, 15) is 14.7 Å².